The Bertz CT molecular complexity index is 1040. The van der Waals surface area contributed by atoms with Gasteiger partial charge in [-0.1, -0.05) is 48.2 Å². The molecule has 0 radical (unpaired) electrons. The first-order chi connectivity index (χ1) is 16.6. The molecule has 3 rings (SSSR count). The summed E-state index contributed by atoms with van der Waals surface area (Å²) in [6.45, 7) is -1.02. The molecule has 1 amide bonds. The van der Waals surface area contributed by atoms with E-state index < -0.39 is 24.9 Å². The summed E-state index contributed by atoms with van der Waals surface area (Å²) < 4.78 is 42.0. The molecule has 0 bridgehead atoms. The molecule has 0 unspecified atom stereocenters. The van der Waals surface area contributed by atoms with Gasteiger partial charge in [0.2, 0.25) is 5.91 Å². The van der Waals surface area contributed by atoms with Gasteiger partial charge in [0.05, 0.1) is 18.8 Å². The van der Waals surface area contributed by atoms with Crippen molar-refractivity contribution < 1.29 is 37.7 Å². The summed E-state index contributed by atoms with van der Waals surface area (Å²) in [6.07, 6.45) is -0.431. The van der Waals surface area contributed by atoms with Crippen molar-refractivity contribution in [2.24, 2.45) is 0 Å². The lowest BCUT2D eigenvalue weighted by molar-refractivity contribution is -0.176. The molecule has 1 aliphatic rings. The molecule has 0 spiro atoms. The Kier molecular flexibility index (Phi) is 9.72. The number of likely N-dealkylation sites (tertiary alicyclic amines) is 1. The number of carboxylic acid groups (broad SMARTS) is 1. The van der Waals surface area contributed by atoms with Gasteiger partial charge in [0.25, 0.3) is 0 Å². The summed E-state index contributed by atoms with van der Waals surface area (Å²) in [6, 6.07) is 6.70. The molecule has 1 aliphatic heterocycles. The van der Waals surface area contributed by atoms with Crippen molar-refractivity contribution in [2.75, 3.05) is 18.9 Å². The van der Waals surface area contributed by atoms with E-state index in [4.69, 9.17) is 5.11 Å². The number of hydrogen-bond donors (Lipinski definition) is 2. The molecule has 1 saturated heterocycles. The van der Waals surface area contributed by atoms with Crippen LogP contribution in [0.5, 0.6) is 0 Å². The average Bonchev–Trinajstić information content (AvgIpc) is 3.39. The van der Waals surface area contributed by atoms with Crippen molar-refractivity contribution in [3.8, 4) is 0 Å². The van der Waals surface area contributed by atoms with Crippen molar-refractivity contribution in [3.63, 3.8) is 0 Å². The maximum Gasteiger partial charge on any atom is 0.411 e. The molecule has 2 N–H and O–H groups in total. The van der Waals surface area contributed by atoms with Gasteiger partial charge in [0, 0.05) is 30.5 Å². The van der Waals surface area contributed by atoms with Gasteiger partial charge in [-0.15, -0.1) is 11.3 Å². The van der Waals surface area contributed by atoms with Crippen LogP contribution in [0.4, 0.5) is 13.2 Å². The molecule has 190 valence electrons. The molecule has 7 nitrogen and oxygen atoms in total. The van der Waals surface area contributed by atoms with E-state index >= 15 is 0 Å². The van der Waals surface area contributed by atoms with Gasteiger partial charge < -0.3 is 19.8 Å². The van der Waals surface area contributed by atoms with Gasteiger partial charge >= 0.3 is 12.1 Å². The monoisotopic (exact) mass is 530 g/mol. The van der Waals surface area contributed by atoms with E-state index in [9.17, 15) is 27.9 Å². The number of thiazole rings is 1. The summed E-state index contributed by atoms with van der Waals surface area (Å²) >= 11 is 2.63. The molecule has 35 heavy (non-hydrogen) atoms. The third kappa shape index (κ3) is 8.95. The Morgan fingerprint density at radius 2 is 2.14 bits per heavy atom. The number of aromatic carboxylic acids is 1. The molecule has 0 aliphatic carbocycles. The molecule has 12 heteroatoms. The van der Waals surface area contributed by atoms with Gasteiger partial charge in [-0.2, -0.15) is 13.2 Å². The lowest BCUT2D eigenvalue weighted by Crippen LogP contribution is -2.33. The fourth-order valence-electron chi connectivity index (χ4n) is 3.60. The number of thioether (sulfide) groups is 1. The Labute approximate surface area is 208 Å². The molecular weight excluding hydrogens is 505 g/mol. The molecular formula is C23H25F3N2O5S2. The average molecular weight is 531 g/mol. The zero-order chi connectivity index (χ0) is 25.4. The minimum Gasteiger partial charge on any atom is -0.476 e. The van der Waals surface area contributed by atoms with Crippen LogP contribution in [0.2, 0.25) is 0 Å². The standard InChI is InChI=1S/C23H25F3N2O5S2/c24-23(25,26)14-33-12-16-3-1-2-15(10-16)11-18(29)6-4-17-5-7-20(30)28(17)8-9-34-22-27-19(13-35-22)21(31)32/h1-4,6,10,13,17-18,29H,5,7-9,11-12,14H2,(H,31,32)/t17-,18+/m0/s1. The highest BCUT2D eigenvalue weighted by Gasteiger charge is 2.29. The highest BCUT2D eigenvalue weighted by Crippen LogP contribution is 2.25. The van der Waals surface area contributed by atoms with Crippen LogP contribution in [0.15, 0.2) is 46.1 Å². The second kappa shape index (κ2) is 12.5. The number of hydrogen-bond acceptors (Lipinski definition) is 7. The van der Waals surface area contributed by atoms with E-state index in [1.165, 1.54) is 28.5 Å². The third-order valence-corrected chi connectivity index (χ3v) is 7.16. The quantitative estimate of drug-likeness (QED) is 0.314. The summed E-state index contributed by atoms with van der Waals surface area (Å²) in [5.74, 6) is -0.492. The number of carboxylic acids is 1. The molecule has 1 aromatic heterocycles. The van der Waals surface area contributed by atoms with E-state index in [0.29, 0.717) is 35.0 Å². The number of amides is 1. The van der Waals surface area contributed by atoms with Crippen LogP contribution in [-0.4, -0.2) is 69.2 Å². The van der Waals surface area contributed by atoms with Crippen LogP contribution in [0.3, 0.4) is 0 Å². The zero-order valence-corrected chi connectivity index (χ0v) is 20.2. The van der Waals surface area contributed by atoms with Gasteiger partial charge in [-0.3, -0.25) is 4.79 Å². The third-order valence-electron chi connectivity index (χ3n) is 5.16. The Balaban J connectivity index is 1.48. The number of ether oxygens (including phenoxy) is 1. The topological polar surface area (TPSA) is 100.0 Å². The fraction of sp³-hybridized carbons (Fsp3) is 0.435. The van der Waals surface area contributed by atoms with Gasteiger partial charge in [-0.25, -0.2) is 9.78 Å². The van der Waals surface area contributed by atoms with E-state index in [-0.39, 0.29) is 30.7 Å². The number of aliphatic hydroxyl groups is 1. The van der Waals surface area contributed by atoms with Crippen molar-refractivity contribution in [3.05, 3.63) is 58.6 Å². The maximum atomic E-state index is 12.3. The Morgan fingerprint density at radius 1 is 1.37 bits per heavy atom. The highest BCUT2D eigenvalue weighted by atomic mass is 32.2. The van der Waals surface area contributed by atoms with Crippen molar-refractivity contribution in [2.45, 2.75) is 48.5 Å². The second-order valence-electron chi connectivity index (χ2n) is 7.93. The van der Waals surface area contributed by atoms with Crippen LogP contribution >= 0.6 is 23.1 Å². The number of aromatic nitrogens is 1. The number of rotatable bonds is 12. The number of nitrogens with zero attached hydrogens (tertiary/aromatic N) is 2. The molecule has 1 fully saturated rings. The van der Waals surface area contributed by atoms with E-state index in [1.807, 2.05) is 6.08 Å². The Morgan fingerprint density at radius 3 is 2.86 bits per heavy atom. The lowest BCUT2D eigenvalue weighted by atomic mass is 10.0. The van der Waals surface area contributed by atoms with E-state index in [1.54, 1.807) is 35.2 Å². The number of halogens is 3. The van der Waals surface area contributed by atoms with Gasteiger partial charge in [0.15, 0.2) is 10.0 Å². The van der Waals surface area contributed by atoms with Crippen LogP contribution in [-0.2, 0) is 22.6 Å². The van der Waals surface area contributed by atoms with E-state index in [2.05, 4.69) is 9.72 Å². The summed E-state index contributed by atoms with van der Waals surface area (Å²) in [5.41, 5.74) is 1.35. The van der Waals surface area contributed by atoms with Crippen LogP contribution in [0, 0.1) is 0 Å². The second-order valence-corrected chi connectivity index (χ2v) is 10.1. The number of alkyl halides is 3. The van der Waals surface area contributed by atoms with Gasteiger partial charge in [-0.05, 0) is 17.5 Å². The van der Waals surface area contributed by atoms with Crippen molar-refractivity contribution >= 4 is 35.0 Å². The highest BCUT2D eigenvalue weighted by molar-refractivity contribution is 8.01. The molecule has 2 heterocycles. The van der Waals surface area contributed by atoms with Crippen LogP contribution in [0.1, 0.15) is 34.5 Å². The first-order valence-electron chi connectivity index (χ1n) is 10.8. The minimum absolute atomic E-state index is 0.00363. The number of carbonyl (C=O) groups is 2. The van der Waals surface area contributed by atoms with Crippen LogP contribution in [0.25, 0.3) is 0 Å². The zero-order valence-electron chi connectivity index (χ0n) is 18.6. The van der Waals surface area contributed by atoms with Crippen molar-refractivity contribution in [1.82, 2.24) is 9.88 Å². The van der Waals surface area contributed by atoms with Crippen LogP contribution < -0.4 is 0 Å². The maximum absolute atomic E-state index is 12.3. The molecule has 1 aromatic carbocycles. The lowest BCUT2D eigenvalue weighted by Gasteiger charge is -2.22. The first-order valence-corrected chi connectivity index (χ1v) is 12.7. The fourth-order valence-corrected chi connectivity index (χ4v) is 5.41. The summed E-state index contributed by atoms with van der Waals surface area (Å²) in [5, 5.41) is 20.9. The largest absolute Gasteiger partial charge is 0.476 e. The number of benzene rings is 1. The predicted octanol–water partition coefficient (Wildman–Crippen LogP) is 4.16. The molecule has 2 aromatic rings. The first kappa shape index (κ1) is 27.2. The summed E-state index contributed by atoms with van der Waals surface area (Å²) in [4.78, 5) is 29.0. The number of aliphatic hydroxyl groups excluding tert-OH is 1. The summed E-state index contributed by atoms with van der Waals surface area (Å²) in [7, 11) is 0. The normalized spacial score (nSPS) is 17.4. The predicted molar refractivity (Wildman–Crippen MR) is 126 cm³/mol. The smallest absolute Gasteiger partial charge is 0.411 e. The Hall–Kier alpha value is -2.41. The number of carbonyl (C=O) groups excluding carboxylic acids is 1. The minimum atomic E-state index is -4.38. The van der Waals surface area contributed by atoms with E-state index in [0.717, 1.165) is 5.56 Å². The SMILES string of the molecule is O=C(O)c1csc(SCCN2C(=O)CC[C@@H]2C=C[C@@H](O)Cc2cccc(COCC(F)(F)F)c2)n1. The molecule has 0 saturated carbocycles. The van der Waals surface area contributed by atoms with Gasteiger partial charge in [0.1, 0.15) is 6.61 Å². The van der Waals surface area contributed by atoms with Crippen molar-refractivity contribution in [1.29, 1.82) is 0 Å². The molecule has 2 atom stereocenters.